The third kappa shape index (κ3) is 4.71. The number of hydrogen-bond donors (Lipinski definition) is 2. The molecule has 5 nitrogen and oxygen atoms in total. The molecule has 2 aliphatic heterocycles. The van der Waals surface area contributed by atoms with E-state index in [1.807, 2.05) is 0 Å². The molecule has 1 saturated carbocycles. The highest BCUT2D eigenvalue weighted by Crippen LogP contribution is 2.33. The normalized spacial score (nSPS) is 33.6. The standard InChI is InChI=1S/C19H33N3O2/c1-14-6-7-15(10-14)11-18(23)22-9-3-4-16(13-22)12-21-19(24)17-5-2-8-20-17/h14-17,20H,2-13H2,1H3,(H,21,24). The molecule has 0 radical (unpaired) electrons. The topological polar surface area (TPSA) is 61.4 Å². The molecular formula is C19H33N3O2. The van der Waals surface area contributed by atoms with E-state index in [1.54, 1.807) is 0 Å². The van der Waals surface area contributed by atoms with Gasteiger partial charge < -0.3 is 15.5 Å². The quantitative estimate of drug-likeness (QED) is 0.807. The van der Waals surface area contributed by atoms with Gasteiger partial charge in [0.2, 0.25) is 11.8 Å². The molecular weight excluding hydrogens is 302 g/mol. The molecule has 136 valence electrons. The molecule has 0 spiro atoms. The first-order valence-corrected chi connectivity index (χ1v) is 9.90. The van der Waals surface area contributed by atoms with Gasteiger partial charge in [-0.1, -0.05) is 13.3 Å². The van der Waals surface area contributed by atoms with Crippen molar-refractivity contribution in [1.29, 1.82) is 0 Å². The number of nitrogens with zero attached hydrogens (tertiary/aromatic N) is 1. The van der Waals surface area contributed by atoms with Crippen molar-refractivity contribution in [1.82, 2.24) is 15.5 Å². The van der Waals surface area contributed by atoms with Gasteiger partial charge in [-0.15, -0.1) is 0 Å². The minimum absolute atomic E-state index is 0.00400. The zero-order valence-electron chi connectivity index (χ0n) is 15.1. The average molecular weight is 335 g/mol. The maximum atomic E-state index is 12.6. The molecule has 24 heavy (non-hydrogen) atoms. The summed E-state index contributed by atoms with van der Waals surface area (Å²) in [5, 5.41) is 6.33. The van der Waals surface area contributed by atoms with Crippen molar-refractivity contribution in [2.75, 3.05) is 26.2 Å². The SMILES string of the molecule is CC1CCC(CC(=O)N2CCCC(CNC(=O)C3CCCN3)C2)C1. The molecule has 0 aromatic rings. The second kappa shape index (κ2) is 8.32. The van der Waals surface area contributed by atoms with Crippen molar-refractivity contribution in [2.24, 2.45) is 17.8 Å². The Morgan fingerprint density at radius 2 is 2.00 bits per heavy atom. The van der Waals surface area contributed by atoms with E-state index >= 15 is 0 Å². The van der Waals surface area contributed by atoms with Crippen LogP contribution < -0.4 is 10.6 Å². The fraction of sp³-hybridized carbons (Fsp3) is 0.895. The predicted octanol–water partition coefficient (Wildman–Crippen LogP) is 1.92. The molecule has 3 aliphatic rings. The number of carbonyl (C=O) groups excluding carboxylic acids is 2. The Bertz CT molecular complexity index is 448. The Hall–Kier alpha value is -1.10. The summed E-state index contributed by atoms with van der Waals surface area (Å²) in [4.78, 5) is 26.7. The van der Waals surface area contributed by atoms with Crippen LogP contribution in [0.1, 0.15) is 58.3 Å². The Labute approximate surface area is 145 Å². The zero-order chi connectivity index (χ0) is 16.9. The number of hydrogen-bond acceptors (Lipinski definition) is 3. The van der Waals surface area contributed by atoms with E-state index in [1.165, 1.54) is 19.3 Å². The van der Waals surface area contributed by atoms with Gasteiger partial charge in [0.1, 0.15) is 0 Å². The van der Waals surface area contributed by atoms with Crippen LogP contribution in [0.4, 0.5) is 0 Å². The van der Waals surface area contributed by atoms with E-state index in [0.29, 0.717) is 24.3 Å². The van der Waals surface area contributed by atoms with E-state index in [0.717, 1.165) is 57.7 Å². The van der Waals surface area contributed by atoms with Crippen molar-refractivity contribution < 1.29 is 9.59 Å². The Morgan fingerprint density at radius 3 is 2.71 bits per heavy atom. The summed E-state index contributed by atoms with van der Waals surface area (Å²) >= 11 is 0. The molecule has 2 saturated heterocycles. The molecule has 1 aliphatic carbocycles. The molecule has 0 aromatic heterocycles. The van der Waals surface area contributed by atoms with E-state index < -0.39 is 0 Å². The molecule has 4 unspecified atom stereocenters. The van der Waals surface area contributed by atoms with Crippen LogP contribution in [0.3, 0.4) is 0 Å². The highest BCUT2D eigenvalue weighted by Gasteiger charge is 2.29. The van der Waals surface area contributed by atoms with Gasteiger partial charge >= 0.3 is 0 Å². The van der Waals surface area contributed by atoms with E-state index in [4.69, 9.17) is 0 Å². The van der Waals surface area contributed by atoms with Gasteiger partial charge in [0, 0.05) is 26.1 Å². The molecule has 2 N–H and O–H groups in total. The maximum absolute atomic E-state index is 12.6. The molecule has 5 heteroatoms. The van der Waals surface area contributed by atoms with Gasteiger partial charge in [-0.05, 0) is 62.8 Å². The van der Waals surface area contributed by atoms with E-state index in [9.17, 15) is 9.59 Å². The molecule has 2 amide bonds. The molecule has 3 fully saturated rings. The van der Waals surface area contributed by atoms with Crippen LogP contribution in [0.15, 0.2) is 0 Å². The lowest BCUT2D eigenvalue weighted by atomic mass is 9.96. The Kier molecular flexibility index (Phi) is 6.14. The average Bonchev–Trinajstić information content (AvgIpc) is 3.25. The van der Waals surface area contributed by atoms with Crippen molar-refractivity contribution in [3.05, 3.63) is 0 Å². The van der Waals surface area contributed by atoms with Crippen LogP contribution >= 0.6 is 0 Å². The van der Waals surface area contributed by atoms with Gasteiger partial charge in [0.15, 0.2) is 0 Å². The highest BCUT2D eigenvalue weighted by molar-refractivity contribution is 5.82. The van der Waals surface area contributed by atoms with Gasteiger partial charge in [0.25, 0.3) is 0 Å². The van der Waals surface area contributed by atoms with Crippen molar-refractivity contribution >= 4 is 11.8 Å². The second-order valence-corrected chi connectivity index (χ2v) is 8.23. The highest BCUT2D eigenvalue weighted by atomic mass is 16.2. The lowest BCUT2D eigenvalue weighted by molar-refractivity contribution is -0.134. The Balaban J connectivity index is 1.40. The predicted molar refractivity (Wildman–Crippen MR) is 94.5 cm³/mol. The van der Waals surface area contributed by atoms with Crippen LogP contribution in [0.5, 0.6) is 0 Å². The van der Waals surface area contributed by atoms with Crippen LogP contribution in [0, 0.1) is 17.8 Å². The summed E-state index contributed by atoms with van der Waals surface area (Å²) in [6, 6.07) is -0.00400. The smallest absolute Gasteiger partial charge is 0.237 e. The Morgan fingerprint density at radius 1 is 1.12 bits per heavy atom. The molecule has 4 atom stereocenters. The summed E-state index contributed by atoms with van der Waals surface area (Å²) in [7, 11) is 0. The van der Waals surface area contributed by atoms with Crippen LogP contribution in [-0.2, 0) is 9.59 Å². The number of piperidine rings is 1. The van der Waals surface area contributed by atoms with E-state index in [-0.39, 0.29) is 11.9 Å². The number of likely N-dealkylation sites (tertiary alicyclic amines) is 1. The van der Waals surface area contributed by atoms with Crippen LogP contribution in [0.2, 0.25) is 0 Å². The van der Waals surface area contributed by atoms with Crippen molar-refractivity contribution in [3.8, 4) is 0 Å². The fourth-order valence-corrected chi connectivity index (χ4v) is 4.62. The monoisotopic (exact) mass is 335 g/mol. The molecule has 2 heterocycles. The summed E-state index contributed by atoms with van der Waals surface area (Å²) in [5.74, 6) is 2.27. The first-order chi connectivity index (χ1) is 11.6. The second-order valence-electron chi connectivity index (χ2n) is 8.23. The molecule has 3 rings (SSSR count). The minimum atomic E-state index is -0.00400. The molecule has 0 aromatic carbocycles. The lowest BCUT2D eigenvalue weighted by Crippen LogP contribution is -2.46. The summed E-state index contributed by atoms with van der Waals surface area (Å²) < 4.78 is 0. The number of amides is 2. The van der Waals surface area contributed by atoms with Crippen molar-refractivity contribution in [3.63, 3.8) is 0 Å². The van der Waals surface area contributed by atoms with Crippen LogP contribution in [-0.4, -0.2) is 48.9 Å². The number of nitrogens with one attached hydrogen (secondary N) is 2. The van der Waals surface area contributed by atoms with Gasteiger partial charge in [-0.3, -0.25) is 9.59 Å². The lowest BCUT2D eigenvalue weighted by Gasteiger charge is -2.33. The summed E-state index contributed by atoms with van der Waals surface area (Å²) in [6.07, 6.45) is 8.65. The first-order valence-electron chi connectivity index (χ1n) is 9.90. The third-order valence-corrected chi connectivity index (χ3v) is 6.08. The zero-order valence-corrected chi connectivity index (χ0v) is 15.1. The summed E-state index contributed by atoms with van der Waals surface area (Å²) in [5.41, 5.74) is 0. The number of carbonyl (C=O) groups is 2. The first kappa shape index (κ1) is 17.7. The largest absolute Gasteiger partial charge is 0.354 e. The fourth-order valence-electron chi connectivity index (χ4n) is 4.62. The van der Waals surface area contributed by atoms with Gasteiger partial charge in [0.05, 0.1) is 6.04 Å². The minimum Gasteiger partial charge on any atom is -0.354 e. The summed E-state index contributed by atoms with van der Waals surface area (Å²) in [6.45, 7) is 5.67. The van der Waals surface area contributed by atoms with Gasteiger partial charge in [-0.2, -0.15) is 0 Å². The number of rotatable bonds is 5. The van der Waals surface area contributed by atoms with Gasteiger partial charge in [-0.25, -0.2) is 0 Å². The van der Waals surface area contributed by atoms with Crippen LogP contribution in [0.25, 0.3) is 0 Å². The molecule has 0 bridgehead atoms. The third-order valence-electron chi connectivity index (χ3n) is 6.08. The maximum Gasteiger partial charge on any atom is 0.237 e. The van der Waals surface area contributed by atoms with Crippen molar-refractivity contribution in [2.45, 2.75) is 64.3 Å². The van der Waals surface area contributed by atoms with E-state index in [2.05, 4.69) is 22.5 Å².